The fourth-order valence-electron chi connectivity index (χ4n) is 2.31. The van der Waals surface area contributed by atoms with Crippen molar-refractivity contribution in [3.05, 3.63) is 44.0 Å². The zero-order valence-corrected chi connectivity index (χ0v) is 15.0. The third-order valence-electron chi connectivity index (χ3n) is 3.39. The molecule has 1 atom stereocenters. The Labute approximate surface area is 150 Å². The van der Waals surface area contributed by atoms with Crippen LogP contribution in [0.1, 0.15) is 18.1 Å². The summed E-state index contributed by atoms with van der Waals surface area (Å²) in [5, 5.41) is 2.69. The first-order valence-electron chi connectivity index (χ1n) is 7.01. The van der Waals surface area contributed by atoms with Crippen LogP contribution < -0.4 is 16.4 Å². The standard InChI is InChI=1S/C13H15F3N3O5P.ClH/c1-6(5-25(22,23)24)17-4-7-2-8(13(14,15)16)3-9-10(7)19-12(21)11(20)18-9;/h2-3,6,17H,4-5H2,1H3,(H,18,20)(H,19,21)(H2,22,23,24);1H/t6-;/m0./s1. The highest BCUT2D eigenvalue weighted by Gasteiger charge is 2.31. The van der Waals surface area contributed by atoms with Gasteiger partial charge in [0.15, 0.2) is 0 Å². The molecule has 0 unspecified atom stereocenters. The van der Waals surface area contributed by atoms with Crippen LogP contribution >= 0.6 is 20.0 Å². The lowest BCUT2D eigenvalue weighted by molar-refractivity contribution is -0.137. The van der Waals surface area contributed by atoms with Gasteiger partial charge >= 0.3 is 24.9 Å². The summed E-state index contributed by atoms with van der Waals surface area (Å²) in [6, 6.07) is 0.808. The minimum Gasteiger partial charge on any atom is -0.324 e. The first-order chi connectivity index (χ1) is 11.4. The SMILES string of the molecule is C[C@@H](CP(=O)(O)O)NCc1cc(C(F)(F)F)cc2[nH]c(=O)c(=O)[nH]c12.Cl. The average Bonchev–Trinajstić information content (AvgIpc) is 2.43. The van der Waals surface area contributed by atoms with Gasteiger partial charge in [-0.25, -0.2) is 0 Å². The quantitative estimate of drug-likeness (QED) is 0.368. The summed E-state index contributed by atoms with van der Waals surface area (Å²) in [5.41, 5.74) is -3.29. The Morgan fingerprint density at radius 2 is 1.77 bits per heavy atom. The van der Waals surface area contributed by atoms with Gasteiger partial charge in [-0.3, -0.25) is 14.2 Å². The van der Waals surface area contributed by atoms with E-state index < -0.39 is 42.7 Å². The third kappa shape index (κ3) is 5.68. The number of alkyl halides is 3. The van der Waals surface area contributed by atoms with Crippen molar-refractivity contribution in [2.45, 2.75) is 25.7 Å². The number of benzene rings is 1. The molecule has 0 fully saturated rings. The fourth-order valence-corrected chi connectivity index (χ4v) is 3.15. The van der Waals surface area contributed by atoms with Crippen molar-refractivity contribution in [1.29, 1.82) is 0 Å². The van der Waals surface area contributed by atoms with Gasteiger partial charge in [-0.05, 0) is 24.6 Å². The monoisotopic (exact) mass is 417 g/mol. The molecule has 146 valence electrons. The number of hydrogen-bond acceptors (Lipinski definition) is 4. The Morgan fingerprint density at radius 1 is 1.19 bits per heavy atom. The van der Waals surface area contributed by atoms with E-state index >= 15 is 0 Å². The largest absolute Gasteiger partial charge is 0.416 e. The van der Waals surface area contributed by atoms with Gasteiger partial charge in [0, 0.05) is 12.6 Å². The topological polar surface area (TPSA) is 135 Å². The van der Waals surface area contributed by atoms with Gasteiger partial charge in [0.2, 0.25) is 0 Å². The van der Waals surface area contributed by atoms with E-state index in [4.69, 9.17) is 9.79 Å². The summed E-state index contributed by atoms with van der Waals surface area (Å²) in [5.74, 6) is 0. The van der Waals surface area contributed by atoms with Crippen molar-refractivity contribution < 1.29 is 27.5 Å². The van der Waals surface area contributed by atoms with Crippen LogP contribution in [-0.4, -0.2) is 32.0 Å². The number of fused-ring (bicyclic) bond motifs is 1. The molecule has 0 bridgehead atoms. The molecule has 2 rings (SSSR count). The van der Waals surface area contributed by atoms with E-state index in [1.54, 1.807) is 0 Å². The Morgan fingerprint density at radius 3 is 2.31 bits per heavy atom. The van der Waals surface area contributed by atoms with Gasteiger partial charge < -0.3 is 25.1 Å². The number of hydrogen-bond donors (Lipinski definition) is 5. The zero-order chi connectivity index (χ0) is 19.0. The van der Waals surface area contributed by atoms with Gasteiger partial charge in [0.05, 0.1) is 22.8 Å². The van der Waals surface area contributed by atoms with Crippen molar-refractivity contribution in [3.63, 3.8) is 0 Å². The summed E-state index contributed by atoms with van der Waals surface area (Å²) in [4.78, 5) is 44.9. The van der Waals surface area contributed by atoms with Crippen LogP contribution in [0.3, 0.4) is 0 Å². The molecule has 1 aromatic heterocycles. The van der Waals surface area contributed by atoms with Gasteiger partial charge in [-0.2, -0.15) is 13.2 Å². The van der Waals surface area contributed by atoms with Gasteiger partial charge in [-0.1, -0.05) is 0 Å². The minimum atomic E-state index is -4.67. The van der Waals surface area contributed by atoms with E-state index in [9.17, 15) is 27.3 Å². The molecule has 0 aliphatic rings. The normalized spacial score (nSPS) is 13.5. The molecule has 0 aliphatic carbocycles. The lowest BCUT2D eigenvalue weighted by Crippen LogP contribution is -2.31. The lowest BCUT2D eigenvalue weighted by atomic mass is 10.1. The fraction of sp³-hybridized carbons (Fsp3) is 0.385. The van der Waals surface area contributed by atoms with Gasteiger partial charge in [0.1, 0.15) is 0 Å². The number of rotatable bonds is 5. The molecule has 8 nitrogen and oxygen atoms in total. The van der Waals surface area contributed by atoms with Crippen LogP contribution in [0.5, 0.6) is 0 Å². The predicted molar refractivity (Wildman–Crippen MR) is 90.7 cm³/mol. The van der Waals surface area contributed by atoms with Crippen molar-refractivity contribution in [2.24, 2.45) is 0 Å². The summed E-state index contributed by atoms with van der Waals surface area (Å²) >= 11 is 0. The summed E-state index contributed by atoms with van der Waals surface area (Å²) < 4.78 is 50.0. The molecular formula is C13H16ClF3N3O5P. The molecule has 1 heterocycles. The molecule has 13 heteroatoms. The number of aromatic nitrogens is 2. The van der Waals surface area contributed by atoms with Crippen LogP contribution in [0.15, 0.2) is 21.7 Å². The van der Waals surface area contributed by atoms with E-state index in [0.717, 1.165) is 6.07 Å². The molecule has 1 aromatic carbocycles. The highest BCUT2D eigenvalue weighted by atomic mass is 35.5. The molecule has 0 spiro atoms. The molecule has 26 heavy (non-hydrogen) atoms. The lowest BCUT2D eigenvalue weighted by Gasteiger charge is -2.16. The first-order valence-corrected chi connectivity index (χ1v) is 8.81. The number of aromatic amines is 2. The molecule has 0 aliphatic heterocycles. The van der Waals surface area contributed by atoms with E-state index in [1.807, 2.05) is 0 Å². The zero-order valence-electron chi connectivity index (χ0n) is 13.3. The van der Waals surface area contributed by atoms with Crippen LogP contribution in [0, 0.1) is 0 Å². The Kier molecular flexibility index (Phi) is 6.83. The van der Waals surface area contributed by atoms with Crippen LogP contribution in [-0.2, 0) is 17.3 Å². The van der Waals surface area contributed by atoms with E-state index in [1.165, 1.54) is 6.92 Å². The Hall–Kier alpha value is -1.65. The van der Waals surface area contributed by atoms with Crippen molar-refractivity contribution in [2.75, 3.05) is 6.16 Å². The highest BCUT2D eigenvalue weighted by Crippen LogP contribution is 2.35. The van der Waals surface area contributed by atoms with Crippen molar-refractivity contribution in [3.8, 4) is 0 Å². The van der Waals surface area contributed by atoms with Gasteiger partial charge in [-0.15, -0.1) is 12.4 Å². The van der Waals surface area contributed by atoms with Crippen LogP contribution in [0.25, 0.3) is 11.0 Å². The number of halogens is 4. The predicted octanol–water partition coefficient (Wildman–Crippen LogP) is 1.31. The number of nitrogens with one attached hydrogen (secondary N) is 3. The Bertz CT molecular complexity index is 953. The second-order valence-electron chi connectivity index (χ2n) is 5.59. The molecule has 0 saturated heterocycles. The Balaban J connectivity index is 0.00000338. The maximum atomic E-state index is 13.0. The second kappa shape index (κ2) is 7.93. The first kappa shape index (κ1) is 22.4. The van der Waals surface area contributed by atoms with Crippen molar-refractivity contribution >= 4 is 31.0 Å². The molecular weight excluding hydrogens is 402 g/mol. The molecule has 2 aromatic rings. The molecule has 0 amide bonds. The molecule has 0 radical (unpaired) electrons. The summed E-state index contributed by atoms with van der Waals surface area (Å²) in [6.45, 7) is 1.25. The summed E-state index contributed by atoms with van der Waals surface area (Å²) in [7, 11) is -4.29. The second-order valence-corrected chi connectivity index (χ2v) is 7.29. The average molecular weight is 418 g/mol. The maximum absolute atomic E-state index is 13.0. The third-order valence-corrected chi connectivity index (χ3v) is 4.42. The molecule has 0 saturated carbocycles. The van der Waals surface area contributed by atoms with Crippen LogP contribution in [0.2, 0.25) is 0 Å². The van der Waals surface area contributed by atoms with Crippen LogP contribution in [0.4, 0.5) is 13.2 Å². The smallest absolute Gasteiger partial charge is 0.324 e. The van der Waals surface area contributed by atoms with Crippen molar-refractivity contribution in [1.82, 2.24) is 15.3 Å². The van der Waals surface area contributed by atoms with E-state index in [-0.39, 0.29) is 35.5 Å². The summed E-state index contributed by atoms with van der Waals surface area (Å²) in [6.07, 6.45) is -5.18. The minimum absolute atomic E-state index is 0. The highest BCUT2D eigenvalue weighted by molar-refractivity contribution is 7.51. The van der Waals surface area contributed by atoms with Gasteiger partial charge in [0.25, 0.3) is 0 Å². The maximum Gasteiger partial charge on any atom is 0.416 e. The van der Waals surface area contributed by atoms with E-state index in [2.05, 4.69) is 15.3 Å². The van der Waals surface area contributed by atoms with E-state index in [0.29, 0.717) is 6.07 Å². The molecule has 5 N–H and O–H groups in total. The number of H-pyrrole nitrogens is 2.